The smallest absolute Gasteiger partial charge is 0.276 e. The third-order valence-electron chi connectivity index (χ3n) is 2.87. The van der Waals surface area contributed by atoms with Crippen LogP contribution < -0.4 is 5.73 Å². The van der Waals surface area contributed by atoms with Gasteiger partial charge in [0.05, 0.1) is 6.04 Å². The molecule has 0 fully saturated rings. The van der Waals surface area contributed by atoms with E-state index < -0.39 is 0 Å². The van der Waals surface area contributed by atoms with E-state index in [0.29, 0.717) is 11.1 Å². The normalized spacial score (nSPS) is 12.9. The first kappa shape index (κ1) is 14.1. The van der Waals surface area contributed by atoms with E-state index in [0.717, 1.165) is 5.75 Å². The van der Waals surface area contributed by atoms with Crippen molar-refractivity contribution in [3.63, 3.8) is 0 Å². The Morgan fingerprint density at radius 2 is 2.11 bits per heavy atom. The van der Waals surface area contributed by atoms with Crippen LogP contribution in [0.3, 0.4) is 0 Å². The van der Waals surface area contributed by atoms with Crippen LogP contribution in [-0.2, 0) is 5.75 Å². The molecule has 1 atom stereocenters. The summed E-state index contributed by atoms with van der Waals surface area (Å²) in [7, 11) is 0. The molecule has 0 radical (unpaired) electrons. The average Bonchev–Trinajstić information content (AvgIpc) is 2.84. The molecule has 0 aliphatic rings. The fourth-order valence-corrected chi connectivity index (χ4v) is 2.36. The number of aryl methyl sites for hydroxylation is 1. The van der Waals surface area contributed by atoms with E-state index in [4.69, 9.17) is 10.2 Å². The maximum atomic E-state index is 5.97. The van der Waals surface area contributed by atoms with Crippen LogP contribution in [0.25, 0.3) is 0 Å². The van der Waals surface area contributed by atoms with Gasteiger partial charge in [-0.2, -0.15) is 0 Å². The molecule has 1 aromatic carbocycles. The highest BCUT2D eigenvalue weighted by molar-refractivity contribution is 7.98. The van der Waals surface area contributed by atoms with Crippen molar-refractivity contribution in [2.24, 2.45) is 11.7 Å². The van der Waals surface area contributed by atoms with Crippen LogP contribution in [-0.4, -0.2) is 10.2 Å². The topological polar surface area (TPSA) is 64.9 Å². The second-order valence-corrected chi connectivity index (χ2v) is 5.88. The first-order chi connectivity index (χ1) is 9.06. The monoisotopic (exact) mass is 277 g/mol. The Bertz CT molecular complexity index is 539. The first-order valence-corrected chi connectivity index (χ1v) is 7.32. The number of benzene rings is 1. The lowest BCUT2D eigenvalue weighted by atomic mass is 10.1. The van der Waals surface area contributed by atoms with Crippen LogP contribution in [0.1, 0.15) is 36.9 Å². The van der Waals surface area contributed by atoms with Gasteiger partial charge in [0, 0.05) is 5.75 Å². The van der Waals surface area contributed by atoms with E-state index in [2.05, 4.69) is 41.4 Å². The molecule has 0 aliphatic carbocycles. The SMILES string of the molecule is Cc1cccc(CSc2nnc([C@@H](N)C(C)C)o2)c1. The third-order valence-corrected chi connectivity index (χ3v) is 3.76. The van der Waals surface area contributed by atoms with E-state index in [9.17, 15) is 0 Å². The molecule has 0 bridgehead atoms. The lowest BCUT2D eigenvalue weighted by Crippen LogP contribution is -2.16. The number of nitrogens with zero attached hydrogens (tertiary/aromatic N) is 2. The Labute approximate surface area is 117 Å². The standard InChI is InChI=1S/C14H19N3OS/c1-9(2)12(15)13-16-17-14(18-13)19-8-11-6-4-5-10(3)7-11/h4-7,9,12H,8,15H2,1-3H3/t12-/m0/s1. The van der Waals surface area contributed by atoms with Crippen LogP contribution in [0.4, 0.5) is 0 Å². The molecule has 0 saturated carbocycles. The molecule has 2 N–H and O–H groups in total. The summed E-state index contributed by atoms with van der Waals surface area (Å²) in [5.74, 6) is 1.62. The Morgan fingerprint density at radius 3 is 2.79 bits per heavy atom. The Hall–Kier alpha value is -1.33. The summed E-state index contributed by atoms with van der Waals surface area (Å²) in [6, 6.07) is 8.20. The van der Waals surface area contributed by atoms with Crippen molar-refractivity contribution in [2.75, 3.05) is 0 Å². The predicted molar refractivity (Wildman–Crippen MR) is 76.8 cm³/mol. The van der Waals surface area contributed by atoms with Crippen LogP contribution >= 0.6 is 11.8 Å². The Balaban J connectivity index is 1.97. The minimum atomic E-state index is -0.194. The van der Waals surface area contributed by atoms with Crippen molar-refractivity contribution in [1.82, 2.24) is 10.2 Å². The number of hydrogen-bond donors (Lipinski definition) is 1. The molecule has 19 heavy (non-hydrogen) atoms. The molecule has 0 spiro atoms. The largest absolute Gasteiger partial charge is 0.414 e. The number of rotatable bonds is 5. The summed E-state index contributed by atoms with van der Waals surface area (Å²) in [6.07, 6.45) is 0. The van der Waals surface area contributed by atoms with Gasteiger partial charge in [-0.3, -0.25) is 0 Å². The van der Waals surface area contributed by atoms with Crippen molar-refractivity contribution >= 4 is 11.8 Å². The summed E-state index contributed by atoms with van der Waals surface area (Å²) in [6.45, 7) is 6.16. The maximum Gasteiger partial charge on any atom is 0.276 e. The highest BCUT2D eigenvalue weighted by Crippen LogP contribution is 2.25. The number of nitrogens with two attached hydrogens (primary N) is 1. The molecular weight excluding hydrogens is 258 g/mol. The molecule has 0 amide bonds. The lowest BCUT2D eigenvalue weighted by molar-refractivity contribution is 0.349. The highest BCUT2D eigenvalue weighted by atomic mass is 32.2. The summed E-state index contributed by atoms with van der Waals surface area (Å²) in [4.78, 5) is 0. The van der Waals surface area contributed by atoms with Crippen molar-refractivity contribution in [3.05, 3.63) is 41.3 Å². The van der Waals surface area contributed by atoms with Gasteiger partial charge < -0.3 is 10.2 Å². The quantitative estimate of drug-likeness (QED) is 0.849. The van der Waals surface area contributed by atoms with Crippen LogP contribution in [0, 0.1) is 12.8 Å². The van der Waals surface area contributed by atoms with Crippen molar-refractivity contribution in [2.45, 2.75) is 37.8 Å². The van der Waals surface area contributed by atoms with Crippen molar-refractivity contribution < 1.29 is 4.42 Å². The van der Waals surface area contributed by atoms with Gasteiger partial charge >= 0.3 is 0 Å². The fraction of sp³-hybridized carbons (Fsp3) is 0.429. The van der Waals surface area contributed by atoms with Gasteiger partial charge in [-0.15, -0.1) is 10.2 Å². The van der Waals surface area contributed by atoms with Gasteiger partial charge in [0.1, 0.15) is 0 Å². The Morgan fingerprint density at radius 1 is 1.32 bits per heavy atom. The van der Waals surface area contributed by atoms with Gasteiger partial charge in [0.2, 0.25) is 5.89 Å². The molecule has 1 heterocycles. The minimum Gasteiger partial charge on any atom is -0.414 e. The molecular formula is C14H19N3OS. The van der Waals surface area contributed by atoms with E-state index in [-0.39, 0.29) is 12.0 Å². The number of thioether (sulfide) groups is 1. The van der Waals surface area contributed by atoms with Gasteiger partial charge in [0.25, 0.3) is 5.22 Å². The minimum absolute atomic E-state index is 0.194. The Kier molecular flexibility index (Phi) is 4.61. The van der Waals surface area contributed by atoms with Gasteiger partial charge in [-0.25, -0.2) is 0 Å². The average molecular weight is 277 g/mol. The number of hydrogen-bond acceptors (Lipinski definition) is 5. The zero-order chi connectivity index (χ0) is 13.8. The zero-order valence-electron chi connectivity index (χ0n) is 11.5. The molecule has 0 aliphatic heterocycles. The molecule has 4 nitrogen and oxygen atoms in total. The van der Waals surface area contributed by atoms with E-state index >= 15 is 0 Å². The van der Waals surface area contributed by atoms with Crippen molar-refractivity contribution in [1.29, 1.82) is 0 Å². The predicted octanol–water partition coefficient (Wildman–Crippen LogP) is 3.33. The summed E-state index contributed by atoms with van der Waals surface area (Å²) < 4.78 is 5.57. The molecule has 102 valence electrons. The molecule has 1 aromatic heterocycles. The third kappa shape index (κ3) is 3.81. The van der Waals surface area contributed by atoms with E-state index in [1.54, 1.807) is 0 Å². The molecule has 2 rings (SSSR count). The van der Waals surface area contributed by atoms with Gasteiger partial charge in [-0.1, -0.05) is 55.4 Å². The maximum absolute atomic E-state index is 5.97. The lowest BCUT2D eigenvalue weighted by Gasteiger charge is -2.09. The number of aromatic nitrogens is 2. The second kappa shape index (κ2) is 6.21. The summed E-state index contributed by atoms with van der Waals surface area (Å²) >= 11 is 1.54. The van der Waals surface area contributed by atoms with Crippen LogP contribution in [0.2, 0.25) is 0 Å². The van der Waals surface area contributed by atoms with Crippen LogP contribution in [0.5, 0.6) is 0 Å². The van der Waals surface area contributed by atoms with Crippen molar-refractivity contribution in [3.8, 4) is 0 Å². The van der Waals surface area contributed by atoms with E-state index in [1.165, 1.54) is 22.9 Å². The van der Waals surface area contributed by atoms with Crippen LogP contribution in [0.15, 0.2) is 33.9 Å². The van der Waals surface area contributed by atoms with Gasteiger partial charge in [0.15, 0.2) is 0 Å². The molecule has 0 saturated heterocycles. The molecule has 5 heteroatoms. The zero-order valence-corrected chi connectivity index (χ0v) is 12.3. The fourth-order valence-electron chi connectivity index (χ4n) is 1.65. The highest BCUT2D eigenvalue weighted by Gasteiger charge is 2.17. The molecule has 2 aromatic rings. The first-order valence-electron chi connectivity index (χ1n) is 6.33. The second-order valence-electron chi connectivity index (χ2n) is 4.95. The van der Waals surface area contributed by atoms with Gasteiger partial charge in [-0.05, 0) is 18.4 Å². The summed E-state index contributed by atoms with van der Waals surface area (Å²) in [5, 5.41) is 8.60. The molecule has 0 unspecified atom stereocenters. The summed E-state index contributed by atoms with van der Waals surface area (Å²) in [5.41, 5.74) is 8.48. The van der Waals surface area contributed by atoms with E-state index in [1.807, 2.05) is 13.8 Å².